The number of benzene rings is 1. The molecule has 2 rings (SSSR count). The first kappa shape index (κ1) is 15.7. The summed E-state index contributed by atoms with van der Waals surface area (Å²) in [6.07, 6.45) is 0. The summed E-state index contributed by atoms with van der Waals surface area (Å²) in [6.45, 7) is 4.13. The van der Waals surface area contributed by atoms with Crippen molar-refractivity contribution in [1.82, 2.24) is 0 Å². The van der Waals surface area contributed by atoms with Crippen molar-refractivity contribution < 1.29 is 5.21 Å². The van der Waals surface area contributed by atoms with E-state index < -0.39 is 0 Å². The molecule has 0 unspecified atom stereocenters. The summed E-state index contributed by atoms with van der Waals surface area (Å²) >= 11 is 14.9. The first-order valence-corrected chi connectivity index (χ1v) is 8.43. The third kappa shape index (κ3) is 3.70. The maximum Gasteiger partial charge on any atom is 0.104 e. The van der Waals surface area contributed by atoms with Crippen LogP contribution >= 0.6 is 46.3 Å². The standard InChI is InChI=1S/C14H13Cl2NOS2/c1-8-3-4-12(9(2)5-8)19-7-11(17-18)10-6-13(15)20-14(10)16/h3-6,18H,7H2,1-2H3/b17-11+. The van der Waals surface area contributed by atoms with E-state index in [1.807, 2.05) is 0 Å². The van der Waals surface area contributed by atoms with Gasteiger partial charge in [-0.15, -0.1) is 23.1 Å². The van der Waals surface area contributed by atoms with Gasteiger partial charge in [-0.05, 0) is 31.5 Å². The van der Waals surface area contributed by atoms with Crippen LogP contribution in [0, 0.1) is 13.8 Å². The highest BCUT2D eigenvalue weighted by Gasteiger charge is 2.14. The van der Waals surface area contributed by atoms with Crippen LogP contribution in [0.3, 0.4) is 0 Å². The van der Waals surface area contributed by atoms with Crippen LogP contribution in [0.4, 0.5) is 0 Å². The van der Waals surface area contributed by atoms with Crippen LogP contribution in [0.15, 0.2) is 34.3 Å². The molecule has 106 valence electrons. The van der Waals surface area contributed by atoms with Gasteiger partial charge in [0, 0.05) is 16.2 Å². The maximum absolute atomic E-state index is 9.18. The minimum absolute atomic E-state index is 0.531. The molecule has 2 nitrogen and oxygen atoms in total. The van der Waals surface area contributed by atoms with E-state index >= 15 is 0 Å². The van der Waals surface area contributed by atoms with Crippen LogP contribution in [0.2, 0.25) is 8.67 Å². The largest absolute Gasteiger partial charge is 0.411 e. The lowest BCUT2D eigenvalue weighted by molar-refractivity contribution is 0.319. The van der Waals surface area contributed by atoms with E-state index in [0.29, 0.717) is 25.7 Å². The number of hydrogen-bond acceptors (Lipinski definition) is 4. The highest BCUT2D eigenvalue weighted by molar-refractivity contribution is 8.00. The quantitative estimate of drug-likeness (QED) is 0.336. The summed E-state index contributed by atoms with van der Waals surface area (Å²) in [4.78, 5) is 1.16. The molecule has 0 aliphatic rings. The second kappa shape index (κ2) is 6.85. The van der Waals surface area contributed by atoms with E-state index in [9.17, 15) is 5.21 Å². The van der Waals surface area contributed by atoms with E-state index in [1.165, 1.54) is 22.5 Å². The summed E-state index contributed by atoms with van der Waals surface area (Å²) in [5.41, 5.74) is 3.67. The Bertz CT molecular complexity index is 653. The Morgan fingerprint density at radius 3 is 2.60 bits per heavy atom. The zero-order valence-corrected chi connectivity index (χ0v) is 14.1. The highest BCUT2D eigenvalue weighted by atomic mass is 35.5. The van der Waals surface area contributed by atoms with Crippen molar-refractivity contribution in [2.45, 2.75) is 18.7 Å². The molecule has 0 spiro atoms. The minimum atomic E-state index is 0.531. The number of thiophene rings is 1. The van der Waals surface area contributed by atoms with Gasteiger partial charge in [-0.1, -0.05) is 46.1 Å². The zero-order valence-electron chi connectivity index (χ0n) is 11.0. The van der Waals surface area contributed by atoms with Crippen LogP contribution in [0.5, 0.6) is 0 Å². The van der Waals surface area contributed by atoms with Gasteiger partial charge in [0.05, 0.1) is 10.0 Å². The molecule has 0 aliphatic carbocycles. The normalized spacial score (nSPS) is 11.9. The third-order valence-corrected chi connectivity index (χ3v) is 5.46. The molecule has 2 aromatic rings. The minimum Gasteiger partial charge on any atom is -0.411 e. The summed E-state index contributed by atoms with van der Waals surface area (Å²) in [6, 6.07) is 8.00. The van der Waals surface area contributed by atoms with Crippen LogP contribution in [-0.4, -0.2) is 16.7 Å². The summed E-state index contributed by atoms with van der Waals surface area (Å²) in [5, 5.41) is 12.5. The molecule has 20 heavy (non-hydrogen) atoms. The summed E-state index contributed by atoms with van der Waals surface area (Å²) < 4.78 is 1.13. The van der Waals surface area contributed by atoms with Crippen molar-refractivity contribution in [3.8, 4) is 0 Å². The molecule has 0 amide bonds. The van der Waals surface area contributed by atoms with Gasteiger partial charge in [0.2, 0.25) is 0 Å². The topological polar surface area (TPSA) is 32.6 Å². The average Bonchev–Trinajstić information content (AvgIpc) is 2.72. The molecular formula is C14H13Cl2NOS2. The molecule has 1 aromatic carbocycles. The van der Waals surface area contributed by atoms with Crippen LogP contribution in [0.1, 0.15) is 16.7 Å². The van der Waals surface area contributed by atoms with Crippen molar-refractivity contribution in [3.05, 3.63) is 49.6 Å². The van der Waals surface area contributed by atoms with Gasteiger partial charge in [0.15, 0.2) is 0 Å². The molecular weight excluding hydrogens is 333 g/mol. The van der Waals surface area contributed by atoms with Gasteiger partial charge in [0.1, 0.15) is 4.34 Å². The lowest BCUT2D eigenvalue weighted by Gasteiger charge is -2.07. The number of hydrogen-bond donors (Lipinski definition) is 1. The Hall–Kier alpha value is -0.680. The molecule has 6 heteroatoms. The van der Waals surface area contributed by atoms with E-state index in [-0.39, 0.29) is 0 Å². The van der Waals surface area contributed by atoms with E-state index in [4.69, 9.17) is 23.2 Å². The second-order valence-corrected chi connectivity index (χ2v) is 7.64. The van der Waals surface area contributed by atoms with Gasteiger partial charge >= 0.3 is 0 Å². The number of thioether (sulfide) groups is 1. The Morgan fingerprint density at radius 2 is 2.05 bits per heavy atom. The van der Waals surface area contributed by atoms with Crippen molar-refractivity contribution in [3.63, 3.8) is 0 Å². The molecule has 1 heterocycles. The molecule has 0 fully saturated rings. The smallest absolute Gasteiger partial charge is 0.104 e. The zero-order chi connectivity index (χ0) is 14.7. The fourth-order valence-electron chi connectivity index (χ4n) is 1.80. The molecule has 0 radical (unpaired) electrons. The number of oxime groups is 1. The Kier molecular flexibility index (Phi) is 5.38. The molecule has 0 saturated heterocycles. The third-order valence-electron chi connectivity index (χ3n) is 2.78. The van der Waals surface area contributed by atoms with Gasteiger partial charge < -0.3 is 5.21 Å². The predicted octanol–water partition coefficient (Wildman–Crippen LogP) is 5.64. The van der Waals surface area contributed by atoms with E-state index in [2.05, 4.69) is 37.2 Å². The molecule has 1 N–H and O–H groups in total. The lowest BCUT2D eigenvalue weighted by atomic mass is 10.2. The Balaban J connectivity index is 2.14. The number of halogens is 2. The molecule has 0 bridgehead atoms. The highest BCUT2D eigenvalue weighted by Crippen LogP contribution is 2.33. The Morgan fingerprint density at radius 1 is 1.30 bits per heavy atom. The van der Waals surface area contributed by atoms with Crippen molar-refractivity contribution >= 4 is 52.0 Å². The molecule has 0 saturated carbocycles. The van der Waals surface area contributed by atoms with Gasteiger partial charge in [-0.2, -0.15) is 0 Å². The number of nitrogens with zero attached hydrogens (tertiary/aromatic N) is 1. The van der Waals surface area contributed by atoms with Crippen molar-refractivity contribution in [2.75, 3.05) is 5.75 Å². The fourth-order valence-corrected chi connectivity index (χ4v) is 4.27. The first-order chi connectivity index (χ1) is 9.51. The van der Waals surface area contributed by atoms with Gasteiger partial charge in [-0.3, -0.25) is 0 Å². The monoisotopic (exact) mass is 345 g/mol. The van der Waals surface area contributed by atoms with Crippen LogP contribution < -0.4 is 0 Å². The van der Waals surface area contributed by atoms with E-state index in [1.54, 1.807) is 17.8 Å². The van der Waals surface area contributed by atoms with Crippen LogP contribution in [0.25, 0.3) is 0 Å². The Labute approximate surface area is 136 Å². The second-order valence-electron chi connectivity index (χ2n) is 4.34. The maximum atomic E-state index is 9.18. The SMILES string of the molecule is Cc1ccc(SC/C(=N\O)c2cc(Cl)sc2Cl)c(C)c1. The molecule has 0 aliphatic heterocycles. The molecule has 1 aromatic heterocycles. The predicted molar refractivity (Wildman–Crippen MR) is 89.3 cm³/mol. The average molecular weight is 346 g/mol. The van der Waals surface area contributed by atoms with E-state index in [0.717, 1.165) is 4.90 Å². The van der Waals surface area contributed by atoms with Crippen molar-refractivity contribution in [1.29, 1.82) is 0 Å². The van der Waals surface area contributed by atoms with Gasteiger partial charge in [0.25, 0.3) is 0 Å². The first-order valence-electron chi connectivity index (χ1n) is 5.87. The molecule has 0 atom stereocenters. The summed E-state index contributed by atoms with van der Waals surface area (Å²) in [7, 11) is 0. The fraction of sp³-hybridized carbons (Fsp3) is 0.214. The van der Waals surface area contributed by atoms with Crippen molar-refractivity contribution in [2.24, 2.45) is 5.16 Å². The van der Waals surface area contributed by atoms with Gasteiger partial charge in [-0.25, -0.2) is 0 Å². The number of rotatable bonds is 4. The lowest BCUT2D eigenvalue weighted by Crippen LogP contribution is -2.04. The number of aryl methyl sites for hydroxylation is 2. The van der Waals surface area contributed by atoms with Crippen LogP contribution in [-0.2, 0) is 0 Å². The summed E-state index contributed by atoms with van der Waals surface area (Å²) in [5.74, 6) is 0.535.